The first-order valence-electron chi connectivity index (χ1n) is 12.3. The van der Waals surface area contributed by atoms with Gasteiger partial charge in [-0.15, -0.1) is 11.3 Å². The third-order valence-corrected chi connectivity index (χ3v) is 8.95. The molecule has 2 aromatic carbocycles. The molecule has 6 rings (SSSR count). The second-order valence-corrected chi connectivity index (χ2v) is 10.9. The minimum absolute atomic E-state index is 0.394. The monoisotopic (exact) mass is 549 g/mol. The number of nitrogens with zero attached hydrogens (tertiary/aromatic N) is 3. The molecule has 0 bridgehead atoms. The van der Waals surface area contributed by atoms with E-state index in [1.165, 1.54) is 16.2 Å². The number of amides is 2. The van der Waals surface area contributed by atoms with E-state index < -0.39 is 29.9 Å². The van der Waals surface area contributed by atoms with Crippen LogP contribution in [0.2, 0.25) is 5.02 Å². The van der Waals surface area contributed by atoms with Crippen molar-refractivity contribution in [2.45, 2.75) is 37.8 Å². The van der Waals surface area contributed by atoms with Gasteiger partial charge in [-0.05, 0) is 67.6 Å². The average molecular weight is 550 g/mol. The smallest absolute Gasteiger partial charge is 0.267 e. The standard InChI is InChI=1S/C28H24ClN3O5S/c1-35-17-11-12-19(21(13-17)36-2)24-23-25(37-32(24)16-9-7-15(29)8-10-16)27(34)31(26(23)33)28-20(14-30)18-5-3-4-6-22(18)38-28/h7-13,23-25H,3-6H2,1-2H3/t23-,24+,25+/m1/s1. The molecule has 194 valence electrons. The quantitative estimate of drug-likeness (QED) is 0.403. The Morgan fingerprint density at radius 3 is 2.53 bits per heavy atom. The van der Waals surface area contributed by atoms with Crippen molar-refractivity contribution in [2.24, 2.45) is 5.92 Å². The third kappa shape index (κ3) is 3.75. The van der Waals surface area contributed by atoms with E-state index in [4.69, 9.17) is 25.9 Å². The fourth-order valence-corrected chi connectivity index (χ4v) is 7.10. The van der Waals surface area contributed by atoms with Gasteiger partial charge in [0.25, 0.3) is 5.91 Å². The number of halogens is 1. The summed E-state index contributed by atoms with van der Waals surface area (Å²) in [6, 6.07) is 13.9. The number of carbonyl (C=O) groups is 2. The molecule has 38 heavy (non-hydrogen) atoms. The normalized spacial score (nSPS) is 22.3. The second kappa shape index (κ2) is 9.62. The number of fused-ring (bicyclic) bond motifs is 2. The highest BCUT2D eigenvalue weighted by atomic mass is 35.5. The molecule has 8 nitrogen and oxygen atoms in total. The predicted octanol–water partition coefficient (Wildman–Crippen LogP) is 5.22. The summed E-state index contributed by atoms with van der Waals surface area (Å²) in [6.07, 6.45) is 2.60. The highest BCUT2D eigenvalue weighted by molar-refractivity contribution is 7.17. The molecule has 3 heterocycles. The fourth-order valence-electron chi connectivity index (χ4n) is 5.63. The van der Waals surface area contributed by atoms with Crippen LogP contribution < -0.4 is 19.4 Å². The summed E-state index contributed by atoms with van der Waals surface area (Å²) in [6.45, 7) is 0. The van der Waals surface area contributed by atoms with E-state index >= 15 is 0 Å². The lowest BCUT2D eigenvalue weighted by Crippen LogP contribution is -2.37. The van der Waals surface area contributed by atoms with Crippen LogP contribution in [-0.2, 0) is 27.3 Å². The number of imide groups is 1. The first-order chi connectivity index (χ1) is 18.5. The van der Waals surface area contributed by atoms with E-state index in [9.17, 15) is 14.9 Å². The van der Waals surface area contributed by atoms with Crippen LogP contribution in [0.1, 0.15) is 40.5 Å². The summed E-state index contributed by atoms with van der Waals surface area (Å²) in [5.41, 5.74) is 2.71. The zero-order chi connectivity index (χ0) is 26.6. The molecule has 0 radical (unpaired) electrons. The van der Waals surface area contributed by atoms with Gasteiger partial charge in [-0.2, -0.15) is 5.26 Å². The SMILES string of the molecule is COc1ccc([C@H]2[C@H]3C(=O)N(c4sc5c(c4C#N)CCCC5)C(=O)[C@H]3ON2c2ccc(Cl)cc2)c(OC)c1. The number of hydrogen-bond donors (Lipinski definition) is 0. The maximum Gasteiger partial charge on any atom is 0.267 e. The van der Waals surface area contributed by atoms with Gasteiger partial charge in [-0.3, -0.25) is 14.4 Å². The van der Waals surface area contributed by atoms with Gasteiger partial charge >= 0.3 is 0 Å². The lowest BCUT2D eigenvalue weighted by atomic mass is 9.90. The van der Waals surface area contributed by atoms with Crippen LogP contribution in [0.3, 0.4) is 0 Å². The van der Waals surface area contributed by atoms with Crippen molar-refractivity contribution in [3.63, 3.8) is 0 Å². The van der Waals surface area contributed by atoms with E-state index in [1.807, 2.05) is 6.07 Å². The second-order valence-electron chi connectivity index (χ2n) is 9.42. The molecule has 1 aromatic heterocycles. The molecule has 3 atom stereocenters. The van der Waals surface area contributed by atoms with Gasteiger partial charge in [0.1, 0.15) is 28.5 Å². The van der Waals surface area contributed by atoms with Crippen molar-refractivity contribution in [1.82, 2.24) is 0 Å². The van der Waals surface area contributed by atoms with E-state index in [0.29, 0.717) is 38.3 Å². The first-order valence-corrected chi connectivity index (χ1v) is 13.5. The van der Waals surface area contributed by atoms with Crippen LogP contribution >= 0.6 is 22.9 Å². The van der Waals surface area contributed by atoms with Crippen molar-refractivity contribution < 1.29 is 23.9 Å². The molecular formula is C28H24ClN3O5S. The number of thiophene rings is 1. The molecule has 3 aliphatic rings. The molecule has 10 heteroatoms. The molecule has 2 saturated heterocycles. The molecular weight excluding hydrogens is 526 g/mol. The van der Waals surface area contributed by atoms with Crippen LogP contribution in [0.15, 0.2) is 42.5 Å². The Balaban J connectivity index is 1.47. The van der Waals surface area contributed by atoms with Crippen LogP contribution in [-0.4, -0.2) is 32.1 Å². The van der Waals surface area contributed by atoms with E-state index in [-0.39, 0.29) is 0 Å². The third-order valence-electron chi connectivity index (χ3n) is 7.42. The van der Waals surface area contributed by atoms with Crippen molar-refractivity contribution in [1.29, 1.82) is 5.26 Å². The lowest BCUT2D eigenvalue weighted by molar-refractivity contribution is -0.126. The molecule has 0 saturated carbocycles. The van der Waals surface area contributed by atoms with Crippen molar-refractivity contribution in [2.75, 3.05) is 24.2 Å². The summed E-state index contributed by atoms with van der Waals surface area (Å²) in [4.78, 5) is 36.5. The summed E-state index contributed by atoms with van der Waals surface area (Å²) in [5, 5.41) is 12.5. The molecule has 1 aliphatic carbocycles. The van der Waals surface area contributed by atoms with E-state index in [0.717, 1.165) is 36.1 Å². The zero-order valence-corrected chi connectivity index (χ0v) is 22.3. The van der Waals surface area contributed by atoms with Crippen LogP contribution in [0.5, 0.6) is 11.5 Å². The topological polar surface area (TPSA) is 92.1 Å². The van der Waals surface area contributed by atoms with Crippen molar-refractivity contribution >= 4 is 45.4 Å². The largest absolute Gasteiger partial charge is 0.497 e. The maximum absolute atomic E-state index is 14.1. The molecule has 3 aromatic rings. The van der Waals surface area contributed by atoms with Crippen LogP contribution in [0, 0.1) is 17.2 Å². The van der Waals surface area contributed by atoms with Gasteiger partial charge in [0.2, 0.25) is 5.91 Å². The van der Waals surface area contributed by atoms with Gasteiger partial charge in [-0.25, -0.2) is 9.96 Å². The number of hydrogen-bond acceptors (Lipinski definition) is 8. The summed E-state index contributed by atoms with van der Waals surface area (Å²) >= 11 is 7.50. The molecule has 2 amide bonds. The van der Waals surface area contributed by atoms with E-state index in [1.54, 1.807) is 55.7 Å². The number of carbonyl (C=O) groups excluding carboxylic acids is 2. The summed E-state index contributed by atoms with van der Waals surface area (Å²) in [5.74, 6) is -0.623. The average Bonchev–Trinajstić information content (AvgIpc) is 3.58. The Morgan fingerprint density at radius 1 is 1.05 bits per heavy atom. The number of ether oxygens (including phenoxy) is 2. The molecule has 2 aliphatic heterocycles. The van der Waals surface area contributed by atoms with Gasteiger partial charge in [0.15, 0.2) is 6.10 Å². The van der Waals surface area contributed by atoms with Crippen LogP contribution in [0.4, 0.5) is 10.7 Å². The lowest BCUT2D eigenvalue weighted by Gasteiger charge is -2.29. The number of nitriles is 1. The molecule has 2 fully saturated rings. The number of benzene rings is 2. The highest BCUT2D eigenvalue weighted by Gasteiger charge is 2.61. The summed E-state index contributed by atoms with van der Waals surface area (Å²) < 4.78 is 11.0. The Hall–Kier alpha value is -3.58. The maximum atomic E-state index is 14.1. The fraction of sp³-hybridized carbons (Fsp3) is 0.321. The van der Waals surface area contributed by atoms with Gasteiger partial charge in [-0.1, -0.05) is 11.6 Å². The highest BCUT2D eigenvalue weighted by Crippen LogP contribution is 2.52. The summed E-state index contributed by atoms with van der Waals surface area (Å²) in [7, 11) is 3.11. The number of hydroxylamine groups is 1. The first kappa shape index (κ1) is 24.7. The number of anilines is 2. The molecule has 0 spiro atoms. The predicted molar refractivity (Wildman–Crippen MR) is 143 cm³/mol. The Morgan fingerprint density at radius 2 is 1.82 bits per heavy atom. The van der Waals surface area contributed by atoms with Gasteiger partial charge in [0.05, 0.1) is 31.5 Å². The minimum Gasteiger partial charge on any atom is -0.497 e. The van der Waals surface area contributed by atoms with Crippen molar-refractivity contribution in [3.8, 4) is 17.6 Å². The molecule has 0 N–H and O–H groups in total. The Kier molecular flexibility index (Phi) is 6.26. The number of rotatable bonds is 5. The molecule has 0 unspecified atom stereocenters. The van der Waals surface area contributed by atoms with Crippen LogP contribution in [0.25, 0.3) is 0 Å². The number of methoxy groups -OCH3 is 2. The van der Waals surface area contributed by atoms with Gasteiger partial charge in [0, 0.05) is 21.5 Å². The Bertz CT molecular complexity index is 1480. The van der Waals surface area contributed by atoms with Gasteiger partial charge < -0.3 is 9.47 Å². The van der Waals surface area contributed by atoms with E-state index in [2.05, 4.69) is 6.07 Å². The minimum atomic E-state index is -1.05. The number of aryl methyl sites for hydroxylation is 1. The zero-order valence-electron chi connectivity index (χ0n) is 20.8. The van der Waals surface area contributed by atoms with Crippen molar-refractivity contribution in [3.05, 3.63) is 69.1 Å². The Labute approximate surface area is 228 Å².